The lowest BCUT2D eigenvalue weighted by Crippen LogP contribution is -2.65. The van der Waals surface area contributed by atoms with Crippen LogP contribution in [0.15, 0.2) is 0 Å². The fraction of sp³-hybridized carbons (Fsp3) is 1.00. The lowest BCUT2D eigenvalue weighted by atomic mass is 9.97. The van der Waals surface area contributed by atoms with Gasteiger partial charge in [-0.1, -0.05) is 0 Å². The van der Waals surface area contributed by atoms with E-state index in [1.165, 1.54) is 0 Å². The third-order valence-corrected chi connectivity index (χ3v) is 6.79. The largest absolute Gasteiger partial charge is 0.469 e. The van der Waals surface area contributed by atoms with Gasteiger partial charge in [0.1, 0.15) is 73.2 Å². The highest BCUT2D eigenvalue weighted by molar-refractivity contribution is 7.46. The van der Waals surface area contributed by atoms with Crippen LogP contribution in [0.1, 0.15) is 0 Å². The summed E-state index contributed by atoms with van der Waals surface area (Å²) >= 11 is 0. The van der Waals surface area contributed by atoms with E-state index >= 15 is 0 Å². The van der Waals surface area contributed by atoms with Crippen molar-refractivity contribution in [3.63, 3.8) is 0 Å². The van der Waals surface area contributed by atoms with E-state index in [2.05, 4.69) is 4.52 Å². The van der Waals surface area contributed by atoms with E-state index in [1.54, 1.807) is 0 Å². The normalized spacial score (nSPS) is 48.7. The van der Waals surface area contributed by atoms with Gasteiger partial charge in [0, 0.05) is 0 Å². The topological polar surface area (TPSA) is 315 Å². The molecule has 20 heteroatoms. The number of hydrogen-bond acceptors (Lipinski definition) is 17. The zero-order valence-electron chi connectivity index (χ0n) is 19.5. The summed E-state index contributed by atoms with van der Waals surface area (Å²) in [5.74, 6) is 0. The molecule has 0 aliphatic carbocycles. The maximum absolute atomic E-state index is 11.1. The first-order chi connectivity index (χ1) is 17.7. The maximum atomic E-state index is 11.1. The van der Waals surface area contributed by atoms with Crippen LogP contribution in [0.5, 0.6) is 0 Å². The van der Waals surface area contributed by atoms with Gasteiger partial charge < -0.3 is 84.5 Å². The van der Waals surface area contributed by atoms with Gasteiger partial charge in [0.25, 0.3) is 0 Å². The highest BCUT2D eigenvalue weighted by Gasteiger charge is 2.52. The molecule has 224 valence electrons. The molecule has 0 saturated carbocycles. The molecule has 3 fully saturated rings. The minimum absolute atomic E-state index is 0.726. The monoisotopic (exact) mass is 584 g/mol. The van der Waals surface area contributed by atoms with E-state index in [0.29, 0.717) is 0 Å². The van der Waals surface area contributed by atoms with Crippen molar-refractivity contribution in [2.75, 3.05) is 19.8 Å². The van der Waals surface area contributed by atoms with Crippen LogP contribution in [0.2, 0.25) is 0 Å². The van der Waals surface area contributed by atoms with Crippen molar-refractivity contribution in [2.24, 2.45) is 0 Å². The smallest absolute Gasteiger partial charge is 0.394 e. The number of ether oxygens (including phenoxy) is 5. The van der Waals surface area contributed by atoms with E-state index in [-0.39, 0.29) is 0 Å². The van der Waals surface area contributed by atoms with E-state index in [9.17, 15) is 55.6 Å². The van der Waals surface area contributed by atoms with Crippen molar-refractivity contribution in [2.45, 2.75) is 92.1 Å². The quantitative estimate of drug-likeness (QED) is 0.112. The van der Waals surface area contributed by atoms with Crippen molar-refractivity contribution >= 4 is 7.82 Å². The highest BCUT2D eigenvalue weighted by atomic mass is 31.2. The first kappa shape index (κ1) is 32.0. The minimum Gasteiger partial charge on any atom is -0.394 e. The highest BCUT2D eigenvalue weighted by Crippen LogP contribution is 2.38. The lowest BCUT2D eigenvalue weighted by molar-refractivity contribution is -0.372. The molecule has 3 aliphatic rings. The molecule has 0 aromatic carbocycles. The molecule has 0 unspecified atom stereocenters. The van der Waals surface area contributed by atoms with Gasteiger partial charge in [0.05, 0.1) is 19.8 Å². The van der Waals surface area contributed by atoms with Gasteiger partial charge >= 0.3 is 7.82 Å². The second-order valence-corrected chi connectivity index (χ2v) is 10.2. The van der Waals surface area contributed by atoms with Gasteiger partial charge in [-0.2, -0.15) is 0 Å². The third-order valence-electron chi connectivity index (χ3n) is 6.30. The Kier molecular flexibility index (Phi) is 11.0. The van der Waals surface area contributed by atoms with Crippen molar-refractivity contribution in [3.05, 3.63) is 0 Å². The Hall–Kier alpha value is -0.490. The molecule has 12 N–H and O–H groups in total. The number of rotatable bonds is 9. The first-order valence-corrected chi connectivity index (χ1v) is 12.9. The Balaban J connectivity index is 1.78. The zero-order valence-corrected chi connectivity index (χ0v) is 20.3. The van der Waals surface area contributed by atoms with E-state index in [4.69, 9.17) is 33.5 Å². The number of phosphoric ester groups is 1. The van der Waals surface area contributed by atoms with Crippen molar-refractivity contribution < 1.29 is 93.6 Å². The zero-order chi connectivity index (χ0) is 28.5. The van der Waals surface area contributed by atoms with Crippen LogP contribution in [-0.2, 0) is 32.8 Å². The van der Waals surface area contributed by atoms with Crippen LogP contribution in [-0.4, -0.2) is 173 Å². The lowest BCUT2D eigenvalue weighted by Gasteiger charge is -2.46. The average Bonchev–Trinajstić information content (AvgIpc) is 2.86. The molecule has 0 aromatic rings. The number of phosphoric acid groups is 1. The summed E-state index contributed by atoms with van der Waals surface area (Å²) in [6.07, 6.45) is -26.9. The minimum atomic E-state index is -5.04. The molecule has 0 aromatic heterocycles. The SMILES string of the molecule is O=P(O)(O)OC[C@H]1O[C@@H](OC[C@H]2O[C@@H](O)[C@@H](O)[C@@H](O)[C@@H]2O)[C@@H](O[C@@H]2O[C@H](CO)[C@@H](O)[C@H](O)[C@@H]2O)[C@@H](O)[C@@H]1O. The summed E-state index contributed by atoms with van der Waals surface area (Å²) < 4.78 is 41.9. The van der Waals surface area contributed by atoms with Gasteiger partial charge in [-0.05, 0) is 0 Å². The molecule has 3 rings (SSSR count). The van der Waals surface area contributed by atoms with Gasteiger partial charge in [0.2, 0.25) is 0 Å². The van der Waals surface area contributed by atoms with Gasteiger partial charge in [0.15, 0.2) is 18.9 Å². The second kappa shape index (κ2) is 13.0. The summed E-state index contributed by atoms with van der Waals surface area (Å²) in [6.45, 7) is -2.50. The fourth-order valence-electron chi connectivity index (χ4n) is 4.09. The average molecular weight is 584 g/mol. The van der Waals surface area contributed by atoms with Crippen LogP contribution in [0.3, 0.4) is 0 Å². The molecule has 38 heavy (non-hydrogen) atoms. The summed E-state index contributed by atoms with van der Waals surface area (Å²) in [5, 5.41) is 100.0. The number of aliphatic hydroxyl groups is 10. The van der Waals surface area contributed by atoms with Crippen molar-refractivity contribution in [3.8, 4) is 0 Å². The third kappa shape index (κ3) is 7.22. The van der Waals surface area contributed by atoms with E-state index in [1.807, 2.05) is 0 Å². The number of hydrogen-bond donors (Lipinski definition) is 12. The van der Waals surface area contributed by atoms with Crippen LogP contribution < -0.4 is 0 Å². The van der Waals surface area contributed by atoms with Crippen LogP contribution in [0.4, 0.5) is 0 Å². The van der Waals surface area contributed by atoms with E-state index in [0.717, 1.165) is 0 Å². The standard InChI is InChI=1S/C18H33O19P/c19-1-4-7(20)11(24)14(27)17(35-4)37-15-12(25)9(22)6(3-33-38(29,30)31)36-18(15)32-2-5-8(21)10(23)13(26)16(28)34-5/h4-28H,1-3H2,(H2,29,30,31)/t4-,5-,6-,7-,8-,9-,10+,11+,12+,13+,14+,15+,16-,17+,18-/m1/s1. The Morgan fingerprint density at radius 2 is 1.13 bits per heavy atom. The molecule has 0 bridgehead atoms. The molecule has 15 atom stereocenters. The molecule has 0 radical (unpaired) electrons. The predicted molar refractivity (Wildman–Crippen MR) is 112 cm³/mol. The fourth-order valence-corrected chi connectivity index (χ4v) is 4.43. The Morgan fingerprint density at radius 3 is 1.74 bits per heavy atom. The van der Waals surface area contributed by atoms with Gasteiger partial charge in [-0.15, -0.1) is 0 Å². The first-order valence-electron chi connectivity index (χ1n) is 11.3. The van der Waals surface area contributed by atoms with Crippen molar-refractivity contribution in [1.29, 1.82) is 0 Å². The number of aliphatic hydroxyl groups excluding tert-OH is 10. The van der Waals surface area contributed by atoms with Gasteiger partial charge in [-0.25, -0.2) is 4.57 Å². The Morgan fingerprint density at radius 1 is 0.605 bits per heavy atom. The summed E-state index contributed by atoms with van der Waals surface area (Å²) in [7, 11) is -5.04. The molecule has 19 nitrogen and oxygen atoms in total. The molecule has 3 aliphatic heterocycles. The molecule has 0 spiro atoms. The van der Waals surface area contributed by atoms with E-state index < -0.39 is 120 Å². The summed E-state index contributed by atoms with van der Waals surface area (Å²) in [6, 6.07) is 0. The van der Waals surface area contributed by atoms with Crippen LogP contribution in [0, 0.1) is 0 Å². The Bertz CT molecular complexity index is 798. The second-order valence-electron chi connectivity index (χ2n) is 8.98. The molecule has 3 heterocycles. The van der Waals surface area contributed by atoms with Crippen molar-refractivity contribution in [1.82, 2.24) is 0 Å². The summed E-state index contributed by atoms with van der Waals surface area (Å²) in [5.41, 5.74) is 0. The molecule has 3 saturated heterocycles. The van der Waals surface area contributed by atoms with Crippen LogP contribution >= 0.6 is 7.82 Å². The van der Waals surface area contributed by atoms with Crippen LogP contribution in [0.25, 0.3) is 0 Å². The summed E-state index contributed by atoms with van der Waals surface area (Å²) in [4.78, 5) is 17.9. The molecule has 0 amide bonds. The molecular formula is C18H33O19P. The Labute approximate surface area is 214 Å². The predicted octanol–water partition coefficient (Wildman–Crippen LogP) is -7.46. The maximum Gasteiger partial charge on any atom is 0.469 e. The molecular weight excluding hydrogens is 551 g/mol. The van der Waals surface area contributed by atoms with Gasteiger partial charge in [-0.3, -0.25) is 4.52 Å².